The molecule has 5 rings (SSSR count). The predicted molar refractivity (Wildman–Crippen MR) is 134 cm³/mol. The van der Waals surface area contributed by atoms with E-state index in [0.717, 1.165) is 32.7 Å². The predicted octanol–water partition coefficient (Wildman–Crippen LogP) is 4.63. The van der Waals surface area contributed by atoms with Crippen LogP contribution < -0.4 is 10.2 Å². The van der Waals surface area contributed by atoms with Crippen molar-refractivity contribution in [1.82, 2.24) is 9.47 Å². The Morgan fingerprint density at radius 1 is 1.03 bits per heavy atom. The number of hydrogen-bond donors (Lipinski definition) is 1. The van der Waals surface area contributed by atoms with Crippen LogP contribution in [-0.4, -0.2) is 27.0 Å². The lowest BCUT2D eigenvalue weighted by Gasteiger charge is -2.24. The summed E-state index contributed by atoms with van der Waals surface area (Å²) in [5, 5.41) is 2.83. The number of hydrogen-bond acceptors (Lipinski definition) is 5. The number of aryl methyl sites for hydroxylation is 1. The summed E-state index contributed by atoms with van der Waals surface area (Å²) >= 11 is 2.76. The molecule has 1 N–H and O–H groups in total. The number of carbonyl (C=O) groups excluding carboxylic acids is 2. The number of amides is 2. The van der Waals surface area contributed by atoms with Crippen LogP contribution in [-0.2, 0) is 18.4 Å². The van der Waals surface area contributed by atoms with E-state index in [0.29, 0.717) is 23.5 Å². The van der Waals surface area contributed by atoms with Gasteiger partial charge in [-0.2, -0.15) is 0 Å². The zero-order chi connectivity index (χ0) is 22.9. The molecule has 0 radical (unpaired) electrons. The first-order valence-electron chi connectivity index (χ1n) is 10.5. The molecular weight excluding hydrogens is 454 g/mol. The Morgan fingerprint density at radius 2 is 1.79 bits per heavy atom. The van der Waals surface area contributed by atoms with E-state index < -0.39 is 0 Å². The van der Waals surface area contributed by atoms with Gasteiger partial charge in [0.25, 0.3) is 5.91 Å². The summed E-state index contributed by atoms with van der Waals surface area (Å²) < 4.78 is 2.43. The molecule has 8 heteroatoms. The minimum Gasteiger partial charge on any atom is -0.322 e. The molecule has 2 heterocycles. The van der Waals surface area contributed by atoms with Crippen LogP contribution in [0.15, 0.2) is 77.6 Å². The molecule has 0 aliphatic carbocycles. The number of thiazole rings is 1. The average Bonchev–Trinajstić information content (AvgIpc) is 3.33. The Morgan fingerprint density at radius 3 is 2.55 bits per heavy atom. The van der Waals surface area contributed by atoms with Crippen molar-refractivity contribution in [3.63, 3.8) is 0 Å². The summed E-state index contributed by atoms with van der Waals surface area (Å²) in [5.41, 5.74) is 4.10. The molecule has 1 atom stereocenters. The Labute approximate surface area is 198 Å². The Hall–Kier alpha value is -3.36. The smallest absolute Gasteiger partial charge is 0.307 e. The topological polar surface area (TPSA) is 71.4 Å². The van der Waals surface area contributed by atoms with Gasteiger partial charge in [0.2, 0.25) is 5.91 Å². The molecule has 166 valence electrons. The monoisotopic (exact) mass is 475 g/mol. The zero-order valence-electron chi connectivity index (χ0n) is 17.9. The number of benzene rings is 3. The number of rotatable bonds is 5. The van der Waals surface area contributed by atoms with Crippen LogP contribution >= 0.6 is 23.1 Å². The Balaban J connectivity index is 1.31. The first-order chi connectivity index (χ1) is 16.0. The maximum absolute atomic E-state index is 12.8. The molecule has 0 saturated carbocycles. The van der Waals surface area contributed by atoms with E-state index in [-0.39, 0.29) is 22.1 Å². The van der Waals surface area contributed by atoms with Gasteiger partial charge in [0.15, 0.2) is 0 Å². The fraction of sp³-hybridized carbons (Fsp3) is 0.160. The van der Waals surface area contributed by atoms with Gasteiger partial charge in [0.05, 0.1) is 16.0 Å². The van der Waals surface area contributed by atoms with Crippen molar-refractivity contribution in [2.24, 2.45) is 7.05 Å². The standard InChI is InChI=1S/C25H21N3O3S2/c1-27-20-12-11-19(13-21(20)33-25(27)31)26-23(30)17-7-9-18(10-8-17)24-28(22(29)15-32-24)14-16-5-3-2-4-6-16/h2-13,24H,14-15H2,1H3,(H,26,30)/t24-/m1/s1. The quantitative estimate of drug-likeness (QED) is 0.457. The van der Waals surface area contributed by atoms with Crippen molar-refractivity contribution in [2.45, 2.75) is 11.9 Å². The lowest BCUT2D eigenvalue weighted by molar-refractivity contribution is -0.128. The van der Waals surface area contributed by atoms with Crippen LogP contribution in [0.3, 0.4) is 0 Å². The number of thioether (sulfide) groups is 1. The van der Waals surface area contributed by atoms with Crippen molar-refractivity contribution >= 4 is 50.8 Å². The molecule has 0 unspecified atom stereocenters. The number of nitrogens with one attached hydrogen (secondary N) is 1. The first kappa shape index (κ1) is 21.5. The molecule has 1 aliphatic heterocycles. The molecule has 1 aromatic heterocycles. The van der Waals surface area contributed by atoms with Gasteiger partial charge in [0, 0.05) is 24.8 Å². The van der Waals surface area contributed by atoms with Crippen LogP contribution in [0.25, 0.3) is 10.2 Å². The van der Waals surface area contributed by atoms with E-state index in [1.54, 1.807) is 41.6 Å². The number of anilines is 1. The van der Waals surface area contributed by atoms with Gasteiger partial charge in [-0.3, -0.25) is 14.4 Å². The number of fused-ring (bicyclic) bond motifs is 1. The lowest BCUT2D eigenvalue weighted by atomic mass is 10.1. The van der Waals surface area contributed by atoms with Crippen LogP contribution in [0.4, 0.5) is 5.69 Å². The van der Waals surface area contributed by atoms with Crippen molar-refractivity contribution < 1.29 is 9.59 Å². The van der Waals surface area contributed by atoms with Gasteiger partial charge in [-0.25, -0.2) is 0 Å². The van der Waals surface area contributed by atoms with Crippen molar-refractivity contribution in [1.29, 1.82) is 0 Å². The maximum Gasteiger partial charge on any atom is 0.307 e. The summed E-state index contributed by atoms with van der Waals surface area (Å²) in [6.45, 7) is 0.563. The van der Waals surface area contributed by atoms with E-state index in [9.17, 15) is 14.4 Å². The molecule has 6 nitrogen and oxygen atoms in total. The highest BCUT2D eigenvalue weighted by molar-refractivity contribution is 8.00. The third-order valence-electron chi connectivity index (χ3n) is 5.67. The number of carbonyl (C=O) groups is 2. The molecule has 1 fully saturated rings. The highest BCUT2D eigenvalue weighted by Gasteiger charge is 2.32. The van der Waals surface area contributed by atoms with Crippen molar-refractivity contribution in [2.75, 3.05) is 11.1 Å². The molecule has 0 bridgehead atoms. The summed E-state index contributed by atoms with van der Waals surface area (Å²) in [6, 6.07) is 22.8. The van der Waals surface area contributed by atoms with E-state index in [1.165, 1.54) is 0 Å². The summed E-state index contributed by atoms with van der Waals surface area (Å²) in [5.74, 6) is 0.350. The largest absolute Gasteiger partial charge is 0.322 e. The zero-order valence-corrected chi connectivity index (χ0v) is 19.5. The number of aromatic nitrogens is 1. The van der Waals surface area contributed by atoms with E-state index in [4.69, 9.17) is 0 Å². The summed E-state index contributed by atoms with van der Waals surface area (Å²) in [7, 11) is 1.73. The van der Waals surface area contributed by atoms with Gasteiger partial charge in [-0.05, 0) is 41.5 Å². The van der Waals surface area contributed by atoms with Gasteiger partial charge < -0.3 is 14.8 Å². The summed E-state index contributed by atoms with van der Waals surface area (Å²) in [6.07, 6.45) is 0. The van der Waals surface area contributed by atoms with Crippen LogP contribution in [0.1, 0.15) is 26.9 Å². The van der Waals surface area contributed by atoms with E-state index in [1.807, 2.05) is 59.5 Å². The van der Waals surface area contributed by atoms with Crippen LogP contribution in [0.5, 0.6) is 0 Å². The second-order valence-electron chi connectivity index (χ2n) is 7.86. The summed E-state index contributed by atoms with van der Waals surface area (Å²) in [4.78, 5) is 38.9. The molecule has 4 aromatic rings. The minimum absolute atomic E-state index is 0.0337. The molecule has 2 amide bonds. The van der Waals surface area contributed by atoms with Gasteiger partial charge in [-0.15, -0.1) is 11.8 Å². The second-order valence-corrected chi connectivity index (χ2v) is 9.92. The third kappa shape index (κ3) is 4.31. The molecular formula is C25H21N3O3S2. The highest BCUT2D eigenvalue weighted by atomic mass is 32.2. The SMILES string of the molecule is Cn1c(=O)sc2cc(NC(=O)c3ccc([C@H]4SCC(=O)N4Cc4ccccc4)cc3)ccc21. The van der Waals surface area contributed by atoms with Gasteiger partial charge >= 0.3 is 4.87 Å². The first-order valence-corrected chi connectivity index (χ1v) is 12.3. The fourth-order valence-corrected chi connectivity index (χ4v) is 6.00. The number of nitrogens with zero attached hydrogens (tertiary/aromatic N) is 2. The lowest BCUT2D eigenvalue weighted by Crippen LogP contribution is -2.27. The maximum atomic E-state index is 12.8. The Kier molecular flexibility index (Phi) is 5.78. The molecule has 1 aliphatic rings. The van der Waals surface area contributed by atoms with E-state index >= 15 is 0 Å². The average molecular weight is 476 g/mol. The molecule has 0 spiro atoms. The molecule has 1 saturated heterocycles. The normalized spacial score (nSPS) is 15.8. The minimum atomic E-state index is -0.222. The molecule has 33 heavy (non-hydrogen) atoms. The van der Waals surface area contributed by atoms with Crippen molar-refractivity contribution in [3.05, 3.63) is 99.2 Å². The van der Waals surface area contributed by atoms with E-state index in [2.05, 4.69) is 5.32 Å². The van der Waals surface area contributed by atoms with Gasteiger partial charge in [-0.1, -0.05) is 53.8 Å². The molecule has 3 aromatic carbocycles. The van der Waals surface area contributed by atoms with Crippen LogP contribution in [0.2, 0.25) is 0 Å². The fourth-order valence-electron chi connectivity index (χ4n) is 3.90. The van der Waals surface area contributed by atoms with Crippen LogP contribution in [0, 0.1) is 0 Å². The van der Waals surface area contributed by atoms with Gasteiger partial charge in [0.1, 0.15) is 5.37 Å². The third-order valence-corrected chi connectivity index (χ3v) is 7.92. The second kappa shape index (κ2) is 8.88. The van der Waals surface area contributed by atoms with Crippen molar-refractivity contribution in [3.8, 4) is 0 Å². The Bertz CT molecular complexity index is 1390. The highest BCUT2D eigenvalue weighted by Crippen LogP contribution is 2.39.